The number of unbranched alkanes of at least 4 members (excludes halogenated alkanes) is 17. The quantitative estimate of drug-likeness (QED) is 0.0768. The van der Waals surface area contributed by atoms with E-state index >= 15 is 0 Å². The van der Waals surface area contributed by atoms with Crippen molar-refractivity contribution in [2.75, 3.05) is 26.2 Å². The fraction of sp³-hybridized carbons (Fsp3) is 0.939. The Morgan fingerprint density at radius 1 is 0.553 bits per heavy atom. The van der Waals surface area contributed by atoms with Gasteiger partial charge in [0.2, 0.25) is 0 Å². The average molecular weight is 540 g/mol. The Bertz CT molecular complexity index is 544. The summed E-state index contributed by atoms with van der Waals surface area (Å²) in [7, 11) is 0. The van der Waals surface area contributed by atoms with Crippen molar-refractivity contribution >= 4 is 11.9 Å². The molecular formula is C33H65NO4. The van der Waals surface area contributed by atoms with Gasteiger partial charge in [0.1, 0.15) is 5.60 Å². The molecule has 0 aromatic carbocycles. The second kappa shape index (κ2) is 26.1. The number of hydrogen-bond acceptors (Lipinski definition) is 5. The molecule has 0 radical (unpaired) electrons. The standard InChI is InChI=1S/C33H65NO4/c1-6-8-10-12-14-15-16-17-18-20-22-24-27-34(30-32(36)38-33(3,4)5)28-25-29-37-31(35)26-23-21-19-13-11-9-7-2/h6-30H2,1-5H3. The molecule has 0 N–H and O–H groups in total. The van der Waals surface area contributed by atoms with E-state index in [2.05, 4.69) is 18.7 Å². The molecular weight excluding hydrogens is 474 g/mol. The molecule has 0 aliphatic rings. The molecule has 0 atom stereocenters. The Labute approximate surface area is 237 Å². The van der Waals surface area contributed by atoms with Gasteiger partial charge in [-0.15, -0.1) is 0 Å². The van der Waals surface area contributed by atoms with Crippen LogP contribution >= 0.6 is 0 Å². The minimum Gasteiger partial charge on any atom is -0.466 e. The van der Waals surface area contributed by atoms with Crippen LogP contribution in [0.1, 0.15) is 169 Å². The zero-order chi connectivity index (χ0) is 28.3. The third-order valence-electron chi connectivity index (χ3n) is 6.97. The summed E-state index contributed by atoms with van der Waals surface area (Å²) in [4.78, 5) is 26.6. The molecule has 0 aliphatic carbocycles. The Balaban J connectivity index is 4.06. The molecule has 0 amide bonds. The summed E-state index contributed by atoms with van der Waals surface area (Å²) in [5.74, 6) is -0.259. The van der Waals surface area contributed by atoms with Crippen molar-refractivity contribution in [1.82, 2.24) is 4.90 Å². The molecule has 38 heavy (non-hydrogen) atoms. The lowest BCUT2D eigenvalue weighted by molar-refractivity contribution is -0.156. The van der Waals surface area contributed by atoms with E-state index in [1.54, 1.807) is 0 Å². The molecule has 0 saturated heterocycles. The minimum atomic E-state index is -0.468. The fourth-order valence-electron chi connectivity index (χ4n) is 4.78. The van der Waals surface area contributed by atoms with Crippen molar-refractivity contribution in [1.29, 1.82) is 0 Å². The Morgan fingerprint density at radius 2 is 0.974 bits per heavy atom. The van der Waals surface area contributed by atoms with E-state index < -0.39 is 5.60 Å². The molecule has 0 saturated carbocycles. The van der Waals surface area contributed by atoms with Gasteiger partial charge in [-0.05, 0) is 46.6 Å². The van der Waals surface area contributed by atoms with E-state index in [0.29, 0.717) is 19.6 Å². The van der Waals surface area contributed by atoms with Crippen molar-refractivity contribution in [2.45, 2.75) is 175 Å². The molecule has 5 nitrogen and oxygen atoms in total. The van der Waals surface area contributed by atoms with Gasteiger partial charge in [0.15, 0.2) is 0 Å². The van der Waals surface area contributed by atoms with Crippen molar-refractivity contribution in [3.05, 3.63) is 0 Å². The van der Waals surface area contributed by atoms with Crippen molar-refractivity contribution in [2.24, 2.45) is 0 Å². The first-order valence-electron chi connectivity index (χ1n) is 16.4. The van der Waals surface area contributed by atoms with Crippen LogP contribution in [-0.2, 0) is 19.1 Å². The van der Waals surface area contributed by atoms with E-state index in [-0.39, 0.29) is 11.9 Å². The Morgan fingerprint density at radius 3 is 1.45 bits per heavy atom. The number of rotatable bonds is 27. The first-order valence-corrected chi connectivity index (χ1v) is 16.4. The smallest absolute Gasteiger partial charge is 0.320 e. The summed E-state index contributed by atoms with van der Waals surface area (Å²) < 4.78 is 11.0. The molecule has 0 aromatic heterocycles. The highest BCUT2D eigenvalue weighted by atomic mass is 16.6. The molecule has 0 spiro atoms. The number of nitrogens with zero attached hydrogens (tertiary/aromatic N) is 1. The zero-order valence-electron chi connectivity index (χ0n) is 26.3. The maximum atomic E-state index is 12.4. The summed E-state index contributed by atoms with van der Waals surface area (Å²) in [6, 6.07) is 0. The molecule has 0 rings (SSSR count). The molecule has 0 aromatic rings. The molecule has 226 valence electrons. The number of carbonyl (C=O) groups excluding carboxylic acids is 2. The van der Waals surface area contributed by atoms with Crippen LogP contribution < -0.4 is 0 Å². The second-order valence-electron chi connectivity index (χ2n) is 12.2. The summed E-state index contributed by atoms with van der Waals surface area (Å²) >= 11 is 0. The Kier molecular flexibility index (Phi) is 25.4. The highest BCUT2D eigenvalue weighted by Gasteiger charge is 2.19. The number of carbonyl (C=O) groups is 2. The van der Waals surface area contributed by atoms with Crippen LogP contribution in [0.3, 0.4) is 0 Å². The Hall–Kier alpha value is -1.10. The molecule has 0 bridgehead atoms. The lowest BCUT2D eigenvalue weighted by Gasteiger charge is -2.25. The van der Waals surface area contributed by atoms with Crippen LogP contribution in [-0.4, -0.2) is 48.7 Å². The molecule has 0 fully saturated rings. The van der Waals surface area contributed by atoms with Crippen LogP contribution in [0, 0.1) is 0 Å². The van der Waals surface area contributed by atoms with Gasteiger partial charge in [-0.1, -0.05) is 123 Å². The van der Waals surface area contributed by atoms with Gasteiger partial charge in [0, 0.05) is 13.0 Å². The lowest BCUT2D eigenvalue weighted by Crippen LogP contribution is -2.36. The lowest BCUT2D eigenvalue weighted by atomic mass is 10.1. The molecule has 0 heterocycles. The summed E-state index contributed by atoms with van der Waals surface area (Å²) in [5.41, 5.74) is -0.468. The number of ether oxygens (including phenoxy) is 2. The maximum absolute atomic E-state index is 12.4. The van der Waals surface area contributed by atoms with Gasteiger partial charge >= 0.3 is 11.9 Å². The monoisotopic (exact) mass is 539 g/mol. The van der Waals surface area contributed by atoms with Crippen molar-refractivity contribution < 1.29 is 19.1 Å². The van der Waals surface area contributed by atoms with Gasteiger partial charge in [-0.2, -0.15) is 0 Å². The van der Waals surface area contributed by atoms with Crippen LogP contribution in [0.4, 0.5) is 0 Å². The normalized spacial score (nSPS) is 11.7. The molecule has 0 aliphatic heterocycles. The number of esters is 2. The molecule has 5 heteroatoms. The minimum absolute atomic E-state index is 0.0850. The van der Waals surface area contributed by atoms with Crippen molar-refractivity contribution in [3.8, 4) is 0 Å². The highest BCUT2D eigenvalue weighted by Crippen LogP contribution is 2.13. The van der Waals surface area contributed by atoms with Crippen molar-refractivity contribution in [3.63, 3.8) is 0 Å². The van der Waals surface area contributed by atoms with Crippen LogP contribution in [0.5, 0.6) is 0 Å². The average Bonchev–Trinajstić information content (AvgIpc) is 2.85. The third-order valence-corrected chi connectivity index (χ3v) is 6.97. The van der Waals surface area contributed by atoms with Gasteiger partial charge in [-0.3, -0.25) is 14.5 Å². The van der Waals surface area contributed by atoms with Crippen LogP contribution in [0.25, 0.3) is 0 Å². The highest BCUT2D eigenvalue weighted by molar-refractivity contribution is 5.72. The summed E-state index contributed by atoms with van der Waals surface area (Å²) in [5, 5.41) is 0. The van der Waals surface area contributed by atoms with Gasteiger partial charge in [-0.25, -0.2) is 0 Å². The van der Waals surface area contributed by atoms with Crippen LogP contribution in [0.15, 0.2) is 0 Å². The number of hydrogen-bond donors (Lipinski definition) is 0. The van der Waals surface area contributed by atoms with E-state index in [1.165, 1.54) is 103 Å². The maximum Gasteiger partial charge on any atom is 0.320 e. The fourth-order valence-corrected chi connectivity index (χ4v) is 4.78. The zero-order valence-corrected chi connectivity index (χ0v) is 26.3. The summed E-state index contributed by atoms with van der Waals surface area (Å²) in [6.07, 6.45) is 25.6. The predicted octanol–water partition coefficient (Wildman–Crippen LogP) is 9.41. The summed E-state index contributed by atoms with van der Waals surface area (Å²) in [6.45, 7) is 12.6. The topological polar surface area (TPSA) is 55.8 Å². The van der Waals surface area contributed by atoms with Crippen LogP contribution in [0.2, 0.25) is 0 Å². The van der Waals surface area contributed by atoms with E-state index in [4.69, 9.17) is 9.47 Å². The first-order chi connectivity index (χ1) is 18.3. The third kappa shape index (κ3) is 27.9. The molecule has 0 unspecified atom stereocenters. The largest absolute Gasteiger partial charge is 0.466 e. The predicted molar refractivity (Wildman–Crippen MR) is 162 cm³/mol. The SMILES string of the molecule is CCCCCCCCCCCCCCN(CCCOC(=O)CCCCCCCCC)CC(=O)OC(C)(C)C. The first kappa shape index (κ1) is 36.9. The second-order valence-corrected chi connectivity index (χ2v) is 12.2. The van der Waals surface area contributed by atoms with Gasteiger partial charge in [0.25, 0.3) is 0 Å². The van der Waals surface area contributed by atoms with E-state index in [9.17, 15) is 9.59 Å². The van der Waals surface area contributed by atoms with E-state index in [1.807, 2.05) is 20.8 Å². The van der Waals surface area contributed by atoms with E-state index in [0.717, 1.165) is 38.8 Å². The van der Waals surface area contributed by atoms with Gasteiger partial charge < -0.3 is 9.47 Å². The van der Waals surface area contributed by atoms with Gasteiger partial charge in [0.05, 0.1) is 13.2 Å².